The highest BCUT2D eigenvalue weighted by atomic mass is 32.1. The molecule has 0 aliphatic carbocycles. The number of aromatic amines is 1. The number of nitrogens with one attached hydrogen (secondary N) is 1. The van der Waals surface area contributed by atoms with E-state index in [1.165, 1.54) is 0 Å². The van der Waals surface area contributed by atoms with Gasteiger partial charge in [0.15, 0.2) is 17.3 Å². The van der Waals surface area contributed by atoms with Crippen LogP contribution in [0, 0.1) is 4.77 Å². The first-order valence-corrected chi connectivity index (χ1v) is 8.15. The minimum absolute atomic E-state index is 0.388. The first kappa shape index (κ1) is 17.7. The maximum Gasteiger partial charge on any atom is 0.216 e. The van der Waals surface area contributed by atoms with Gasteiger partial charge < -0.3 is 14.2 Å². The van der Waals surface area contributed by atoms with Gasteiger partial charge in [-0.1, -0.05) is 0 Å². The van der Waals surface area contributed by atoms with E-state index in [0.29, 0.717) is 22.1 Å². The maximum absolute atomic E-state index is 5.35. The zero-order chi connectivity index (χ0) is 18.5. The Balaban J connectivity index is 1.96. The third-order valence-electron chi connectivity index (χ3n) is 3.73. The van der Waals surface area contributed by atoms with Crippen LogP contribution in [0.3, 0.4) is 0 Å². The Morgan fingerprint density at radius 1 is 1.00 bits per heavy atom. The number of ether oxygens (including phenoxy) is 3. The van der Waals surface area contributed by atoms with Crippen molar-refractivity contribution >= 4 is 18.4 Å². The first-order valence-electron chi connectivity index (χ1n) is 7.74. The summed E-state index contributed by atoms with van der Waals surface area (Å²) in [5.41, 5.74) is 1.70. The minimum atomic E-state index is 0.388. The van der Waals surface area contributed by atoms with Crippen molar-refractivity contribution in [2.75, 3.05) is 21.3 Å². The molecule has 0 unspecified atom stereocenters. The van der Waals surface area contributed by atoms with Crippen LogP contribution in [0.5, 0.6) is 17.2 Å². The van der Waals surface area contributed by atoms with E-state index in [9.17, 15) is 0 Å². The molecule has 0 aliphatic rings. The van der Waals surface area contributed by atoms with Gasteiger partial charge >= 0.3 is 0 Å². The number of aromatic nitrogens is 3. The van der Waals surface area contributed by atoms with Gasteiger partial charge in [0.25, 0.3) is 0 Å². The summed E-state index contributed by atoms with van der Waals surface area (Å²) in [5.74, 6) is 2.59. The third-order valence-corrected chi connectivity index (χ3v) is 3.99. The molecule has 0 saturated carbocycles. The van der Waals surface area contributed by atoms with Crippen LogP contribution in [0.1, 0.15) is 5.56 Å². The summed E-state index contributed by atoms with van der Waals surface area (Å²) >= 11 is 5.29. The molecule has 3 aromatic rings. The van der Waals surface area contributed by atoms with Crippen LogP contribution >= 0.6 is 12.2 Å². The molecule has 26 heavy (non-hydrogen) atoms. The lowest BCUT2D eigenvalue weighted by Gasteiger charge is -2.09. The Kier molecular flexibility index (Phi) is 5.33. The summed E-state index contributed by atoms with van der Waals surface area (Å²) in [7, 11) is 4.80. The normalized spacial score (nSPS) is 10.9. The lowest BCUT2D eigenvalue weighted by Crippen LogP contribution is -1.96. The largest absolute Gasteiger partial charge is 0.497 e. The van der Waals surface area contributed by atoms with E-state index in [0.717, 1.165) is 16.9 Å². The molecule has 8 heteroatoms. The average Bonchev–Trinajstić information content (AvgIpc) is 3.06. The molecule has 2 aromatic carbocycles. The van der Waals surface area contributed by atoms with Gasteiger partial charge in [-0.3, -0.25) is 0 Å². The van der Waals surface area contributed by atoms with Gasteiger partial charge in [0, 0.05) is 5.56 Å². The van der Waals surface area contributed by atoms with E-state index in [2.05, 4.69) is 15.3 Å². The van der Waals surface area contributed by atoms with Crippen LogP contribution in [-0.4, -0.2) is 42.4 Å². The SMILES string of the molecule is COc1ccc(/C=N\n2c(-c3ccc(OC)c(OC)c3)n[nH]c2=S)cc1. The fourth-order valence-electron chi connectivity index (χ4n) is 2.38. The molecule has 1 aromatic heterocycles. The molecule has 1 heterocycles. The molecule has 0 aliphatic heterocycles. The number of H-pyrrole nitrogens is 1. The lowest BCUT2D eigenvalue weighted by atomic mass is 10.2. The molecular weight excluding hydrogens is 352 g/mol. The molecule has 3 rings (SSSR count). The molecule has 1 N–H and O–H groups in total. The topological polar surface area (TPSA) is 73.7 Å². The fraction of sp³-hybridized carbons (Fsp3) is 0.167. The Morgan fingerprint density at radius 2 is 1.73 bits per heavy atom. The summed E-state index contributed by atoms with van der Waals surface area (Å²) in [6.07, 6.45) is 1.70. The molecule has 0 fully saturated rings. The number of hydrogen-bond acceptors (Lipinski definition) is 6. The van der Waals surface area contributed by atoms with Crippen molar-refractivity contribution in [2.45, 2.75) is 0 Å². The quantitative estimate of drug-likeness (QED) is 0.531. The number of benzene rings is 2. The van der Waals surface area contributed by atoms with Gasteiger partial charge in [0.05, 0.1) is 27.5 Å². The van der Waals surface area contributed by atoms with Crippen molar-refractivity contribution in [1.82, 2.24) is 14.9 Å². The van der Waals surface area contributed by atoms with Crippen molar-refractivity contribution in [3.05, 3.63) is 52.8 Å². The highest BCUT2D eigenvalue weighted by Crippen LogP contribution is 2.31. The van der Waals surface area contributed by atoms with Crippen LogP contribution < -0.4 is 14.2 Å². The van der Waals surface area contributed by atoms with Crippen LogP contribution in [0.25, 0.3) is 11.4 Å². The average molecular weight is 370 g/mol. The smallest absolute Gasteiger partial charge is 0.216 e. The fourth-order valence-corrected chi connectivity index (χ4v) is 2.55. The van der Waals surface area contributed by atoms with Crippen LogP contribution in [0.2, 0.25) is 0 Å². The zero-order valence-electron chi connectivity index (χ0n) is 14.6. The van der Waals surface area contributed by atoms with Crippen molar-refractivity contribution in [3.8, 4) is 28.6 Å². The van der Waals surface area contributed by atoms with Crippen molar-refractivity contribution in [2.24, 2.45) is 5.10 Å². The molecule has 0 radical (unpaired) electrons. The van der Waals surface area contributed by atoms with Crippen molar-refractivity contribution in [1.29, 1.82) is 0 Å². The van der Waals surface area contributed by atoms with Gasteiger partial charge in [-0.05, 0) is 60.2 Å². The molecule has 0 bridgehead atoms. The van der Waals surface area contributed by atoms with Crippen LogP contribution in [0.15, 0.2) is 47.6 Å². The Hall–Kier alpha value is -3.13. The van der Waals surface area contributed by atoms with Crippen LogP contribution in [0.4, 0.5) is 0 Å². The molecule has 134 valence electrons. The number of hydrogen-bond donors (Lipinski definition) is 1. The molecular formula is C18H18N4O3S. The van der Waals surface area contributed by atoms with E-state index >= 15 is 0 Å². The second-order valence-electron chi connectivity index (χ2n) is 5.25. The van der Waals surface area contributed by atoms with E-state index in [1.807, 2.05) is 42.5 Å². The lowest BCUT2D eigenvalue weighted by molar-refractivity contribution is 0.355. The summed E-state index contributed by atoms with van der Waals surface area (Å²) in [6.45, 7) is 0. The third kappa shape index (κ3) is 3.60. The highest BCUT2D eigenvalue weighted by molar-refractivity contribution is 7.71. The Labute approximate surface area is 155 Å². The summed E-state index contributed by atoms with van der Waals surface area (Å²) in [5, 5.41) is 11.5. The minimum Gasteiger partial charge on any atom is -0.497 e. The van der Waals surface area contributed by atoms with Gasteiger partial charge in [-0.25, -0.2) is 5.10 Å². The predicted molar refractivity (Wildman–Crippen MR) is 102 cm³/mol. The standard InChI is InChI=1S/C18H18N4O3S/c1-23-14-7-4-12(5-8-14)11-19-22-17(20-21-18(22)26)13-6-9-15(24-2)16(10-13)25-3/h4-11H,1-3H3,(H,21,26)/b19-11-. The highest BCUT2D eigenvalue weighted by Gasteiger charge is 2.12. The van der Waals surface area contributed by atoms with E-state index < -0.39 is 0 Å². The Bertz CT molecular complexity index is 977. The Morgan fingerprint density at radius 3 is 2.38 bits per heavy atom. The monoisotopic (exact) mass is 370 g/mol. The van der Waals surface area contributed by atoms with Crippen LogP contribution in [-0.2, 0) is 0 Å². The molecule has 7 nitrogen and oxygen atoms in total. The molecule has 0 saturated heterocycles. The van der Waals surface area contributed by atoms with Crippen molar-refractivity contribution < 1.29 is 14.2 Å². The summed E-state index contributed by atoms with van der Waals surface area (Å²) in [4.78, 5) is 0. The van der Waals surface area contributed by atoms with Gasteiger partial charge in [-0.2, -0.15) is 14.9 Å². The first-order chi connectivity index (χ1) is 12.7. The molecule has 0 atom stereocenters. The van der Waals surface area contributed by atoms with E-state index in [-0.39, 0.29) is 0 Å². The zero-order valence-corrected chi connectivity index (χ0v) is 15.4. The van der Waals surface area contributed by atoms with E-state index in [4.69, 9.17) is 26.4 Å². The van der Waals surface area contributed by atoms with Gasteiger partial charge in [-0.15, -0.1) is 0 Å². The van der Waals surface area contributed by atoms with Gasteiger partial charge in [0.2, 0.25) is 4.77 Å². The number of nitrogens with zero attached hydrogens (tertiary/aromatic N) is 3. The molecule has 0 amide bonds. The van der Waals surface area contributed by atoms with Crippen molar-refractivity contribution in [3.63, 3.8) is 0 Å². The number of methoxy groups -OCH3 is 3. The second kappa shape index (κ2) is 7.83. The number of rotatable bonds is 6. The predicted octanol–water partition coefficient (Wildman–Crippen LogP) is 3.52. The summed E-state index contributed by atoms with van der Waals surface area (Å²) < 4.78 is 17.7. The second-order valence-corrected chi connectivity index (χ2v) is 5.64. The summed E-state index contributed by atoms with van der Waals surface area (Å²) in [6, 6.07) is 13.0. The molecule has 0 spiro atoms. The van der Waals surface area contributed by atoms with E-state index in [1.54, 1.807) is 32.2 Å². The van der Waals surface area contributed by atoms with Gasteiger partial charge in [0.1, 0.15) is 5.75 Å². The maximum atomic E-state index is 5.35.